The molecule has 37 heavy (non-hydrogen) atoms. The van der Waals surface area contributed by atoms with Crippen LogP contribution in [-0.2, 0) is 14.9 Å². The summed E-state index contributed by atoms with van der Waals surface area (Å²) < 4.78 is 31.7. The van der Waals surface area contributed by atoms with E-state index in [9.17, 15) is 5.11 Å². The van der Waals surface area contributed by atoms with Gasteiger partial charge in [0.25, 0.3) is 0 Å². The Bertz CT molecular complexity index is 1260. The molecule has 1 saturated heterocycles. The summed E-state index contributed by atoms with van der Waals surface area (Å²) in [6, 6.07) is 6.86. The van der Waals surface area contributed by atoms with Gasteiger partial charge in [-0.25, -0.2) is 19.3 Å². The van der Waals surface area contributed by atoms with Crippen LogP contribution in [0, 0.1) is 5.82 Å². The molecule has 1 aromatic carbocycles. The topological polar surface area (TPSA) is 114 Å². The smallest absolute Gasteiger partial charge is 0.227 e. The highest BCUT2D eigenvalue weighted by Gasteiger charge is 2.35. The van der Waals surface area contributed by atoms with Crippen LogP contribution >= 0.6 is 0 Å². The number of nitrogens with zero attached hydrogens (tertiary/aromatic N) is 4. The SMILES string of the molecule is COCCOc1cc(N2CCOCC2)c(F)cc1Nc1nccc(-c2cnc3c(c2)C(C)(CO)CN3)n1. The van der Waals surface area contributed by atoms with E-state index in [0.29, 0.717) is 68.9 Å². The highest BCUT2D eigenvalue weighted by atomic mass is 19.1. The van der Waals surface area contributed by atoms with Crippen LogP contribution in [0.1, 0.15) is 12.5 Å². The number of morpholine rings is 1. The van der Waals surface area contributed by atoms with Crippen molar-refractivity contribution in [2.24, 2.45) is 0 Å². The fraction of sp³-hybridized carbons (Fsp3) is 0.423. The lowest BCUT2D eigenvalue weighted by atomic mass is 9.85. The maximum absolute atomic E-state index is 15.2. The van der Waals surface area contributed by atoms with Crippen molar-refractivity contribution in [2.75, 3.05) is 75.3 Å². The first kappa shape index (κ1) is 25.1. The van der Waals surface area contributed by atoms with Gasteiger partial charge < -0.3 is 34.9 Å². The summed E-state index contributed by atoms with van der Waals surface area (Å²) in [5, 5.41) is 16.3. The molecular formula is C26H31FN6O4. The Morgan fingerprint density at radius 3 is 2.84 bits per heavy atom. The predicted molar refractivity (Wildman–Crippen MR) is 138 cm³/mol. The normalized spacial score (nSPS) is 18.9. The Morgan fingerprint density at radius 1 is 1.22 bits per heavy atom. The molecule has 3 aromatic rings. The Labute approximate surface area is 214 Å². The number of hydrogen-bond acceptors (Lipinski definition) is 10. The summed E-state index contributed by atoms with van der Waals surface area (Å²) in [5.74, 6) is 1.15. The second-order valence-corrected chi connectivity index (χ2v) is 9.32. The second kappa shape index (κ2) is 10.8. The number of pyridine rings is 1. The monoisotopic (exact) mass is 510 g/mol. The Hall–Kier alpha value is -3.54. The van der Waals surface area contributed by atoms with E-state index in [0.717, 1.165) is 16.9 Å². The van der Waals surface area contributed by atoms with E-state index in [1.807, 2.05) is 17.9 Å². The van der Waals surface area contributed by atoms with Crippen LogP contribution in [0.15, 0.2) is 36.7 Å². The zero-order valence-electron chi connectivity index (χ0n) is 21.0. The van der Waals surface area contributed by atoms with E-state index in [1.165, 1.54) is 6.07 Å². The molecule has 0 radical (unpaired) electrons. The van der Waals surface area contributed by atoms with E-state index < -0.39 is 5.41 Å². The lowest BCUT2D eigenvalue weighted by Crippen LogP contribution is -2.36. The van der Waals surface area contributed by atoms with Crippen molar-refractivity contribution in [3.8, 4) is 17.0 Å². The fourth-order valence-electron chi connectivity index (χ4n) is 4.46. The minimum absolute atomic E-state index is 0.00652. The minimum atomic E-state index is -0.416. The number of nitrogens with one attached hydrogen (secondary N) is 2. The molecule has 2 aliphatic heterocycles. The van der Waals surface area contributed by atoms with Gasteiger partial charge in [0, 0.05) is 67.8 Å². The number of methoxy groups -OCH3 is 1. The number of fused-ring (bicyclic) bond motifs is 1. The van der Waals surface area contributed by atoms with E-state index in [4.69, 9.17) is 14.2 Å². The van der Waals surface area contributed by atoms with Crippen molar-refractivity contribution in [1.29, 1.82) is 0 Å². The average molecular weight is 511 g/mol. The molecule has 11 heteroatoms. The number of anilines is 4. The number of hydrogen-bond donors (Lipinski definition) is 3. The number of ether oxygens (including phenoxy) is 3. The largest absolute Gasteiger partial charge is 0.489 e. The van der Waals surface area contributed by atoms with Crippen LogP contribution in [0.5, 0.6) is 5.75 Å². The number of aliphatic hydroxyl groups excluding tert-OH is 1. The predicted octanol–water partition coefficient (Wildman–Crippen LogP) is 2.96. The van der Waals surface area contributed by atoms with E-state index >= 15 is 4.39 Å². The molecule has 3 N–H and O–H groups in total. The minimum Gasteiger partial charge on any atom is -0.489 e. The molecule has 0 saturated carbocycles. The zero-order valence-corrected chi connectivity index (χ0v) is 21.0. The number of benzene rings is 1. The van der Waals surface area contributed by atoms with Gasteiger partial charge in [0.05, 0.1) is 43.5 Å². The van der Waals surface area contributed by atoms with Gasteiger partial charge in [-0.15, -0.1) is 0 Å². The summed E-state index contributed by atoms with van der Waals surface area (Å²) in [4.78, 5) is 15.4. The van der Waals surface area contributed by atoms with Crippen LogP contribution < -0.4 is 20.3 Å². The first-order valence-electron chi connectivity index (χ1n) is 12.2. The molecule has 2 aliphatic rings. The molecule has 2 aromatic heterocycles. The summed E-state index contributed by atoms with van der Waals surface area (Å²) >= 11 is 0. The van der Waals surface area contributed by atoms with Gasteiger partial charge in [0.2, 0.25) is 5.95 Å². The van der Waals surface area contributed by atoms with Crippen LogP contribution in [0.4, 0.5) is 27.5 Å². The molecule has 5 rings (SSSR count). The van der Waals surface area contributed by atoms with Gasteiger partial charge in [-0.2, -0.15) is 0 Å². The third-order valence-electron chi connectivity index (χ3n) is 6.68. The highest BCUT2D eigenvalue weighted by Crippen LogP contribution is 2.38. The number of rotatable bonds is 9. The Kier molecular flexibility index (Phi) is 7.36. The first-order chi connectivity index (χ1) is 18.0. The van der Waals surface area contributed by atoms with Gasteiger partial charge in [-0.3, -0.25) is 0 Å². The van der Waals surface area contributed by atoms with Gasteiger partial charge in [0.15, 0.2) is 0 Å². The van der Waals surface area contributed by atoms with Gasteiger partial charge in [-0.1, -0.05) is 6.92 Å². The molecule has 4 heterocycles. The standard InChI is InChI=1S/C26H31FN6O4/c1-26(16-34)15-30-24-18(26)11-17(14-29-24)20-3-4-28-25(31-20)32-21-12-19(27)22(33-5-7-36-8-6-33)13-23(21)37-10-9-35-2/h3-4,11-14,34H,5-10,15-16H2,1-2H3,(H,29,30)(H,28,31,32). The summed E-state index contributed by atoms with van der Waals surface area (Å²) in [6.07, 6.45) is 3.36. The van der Waals surface area contributed by atoms with E-state index in [-0.39, 0.29) is 18.4 Å². The molecule has 10 nitrogen and oxygen atoms in total. The van der Waals surface area contributed by atoms with Crippen molar-refractivity contribution in [2.45, 2.75) is 12.3 Å². The molecular weight excluding hydrogens is 479 g/mol. The summed E-state index contributed by atoms with van der Waals surface area (Å²) in [7, 11) is 1.60. The molecule has 0 amide bonds. The van der Waals surface area contributed by atoms with Crippen LogP contribution in [0.3, 0.4) is 0 Å². The number of aromatic nitrogens is 3. The van der Waals surface area contributed by atoms with Crippen LogP contribution in [0.2, 0.25) is 0 Å². The molecule has 1 fully saturated rings. The quantitative estimate of drug-likeness (QED) is 0.371. The highest BCUT2D eigenvalue weighted by molar-refractivity contribution is 5.71. The molecule has 0 aliphatic carbocycles. The Morgan fingerprint density at radius 2 is 2.05 bits per heavy atom. The lowest BCUT2D eigenvalue weighted by molar-refractivity contribution is 0.122. The maximum Gasteiger partial charge on any atom is 0.227 e. The number of halogens is 1. The molecule has 1 unspecified atom stereocenters. The van der Waals surface area contributed by atoms with Crippen LogP contribution in [0.25, 0.3) is 11.3 Å². The third-order valence-corrected chi connectivity index (χ3v) is 6.68. The second-order valence-electron chi connectivity index (χ2n) is 9.32. The lowest BCUT2D eigenvalue weighted by Gasteiger charge is -2.29. The van der Waals surface area contributed by atoms with Crippen LogP contribution in [-0.4, -0.2) is 79.8 Å². The van der Waals surface area contributed by atoms with Crippen molar-refractivity contribution in [3.05, 3.63) is 48.0 Å². The van der Waals surface area contributed by atoms with Crippen molar-refractivity contribution < 1.29 is 23.7 Å². The Balaban J connectivity index is 1.43. The molecule has 1 atom stereocenters. The van der Waals surface area contributed by atoms with E-state index in [1.54, 1.807) is 31.6 Å². The van der Waals surface area contributed by atoms with Crippen molar-refractivity contribution >= 4 is 23.1 Å². The van der Waals surface area contributed by atoms with Crippen molar-refractivity contribution in [1.82, 2.24) is 15.0 Å². The number of aliphatic hydroxyl groups is 1. The average Bonchev–Trinajstić information content (AvgIpc) is 3.27. The zero-order chi connectivity index (χ0) is 25.8. The molecule has 196 valence electrons. The first-order valence-corrected chi connectivity index (χ1v) is 12.2. The summed E-state index contributed by atoms with van der Waals surface area (Å²) in [6.45, 7) is 5.61. The maximum atomic E-state index is 15.2. The van der Waals surface area contributed by atoms with Gasteiger partial charge >= 0.3 is 0 Å². The molecule has 0 bridgehead atoms. The summed E-state index contributed by atoms with van der Waals surface area (Å²) in [5.41, 5.74) is 2.83. The molecule has 0 spiro atoms. The van der Waals surface area contributed by atoms with Crippen molar-refractivity contribution in [3.63, 3.8) is 0 Å². The van der Waals surface area contributed by atoms with E-state index in [2.05, 4.69) is 25.6 Å². The van der Waals surface area contributed by atoms with Gasteiger partial charge in [-0.05, 0) is 12.1 Å². The third kappa shape index (κ3) is 5.29. The fourth-order valence-corrected chi connectivity index (χ4v) is 4.46. The van der Waals surface area contributed by atoms with Gasteiger partial charge in [0.1, 0.15) is 24.0 Å².